The summed E-state index contributed by atoms with van der Waals surface area (Å²) in [6.07, 6.45) is 1.63. The molecule has 0 aliphatic carbocycles. The third kappa shape index (κ3) is 2.90. The van der Waals surface area contributed by atoms with Crippen LogP contribution in [0.1, 0.15) is 38.2 Å². The average Bonchev–Trinajstić information content (AvgIpc) is 2.22. The maximum Gasteiger partial charge on any atom is 0.276 e. The van der Waals surface area contributed by atoms with Crippen molar-refractivity contribution in [2.24, 2.45) is 0 Å². The van der Waals surface area contributed by atoms with E-state index in [1.54, 1.807) is 0 Å². The van der Waals surface area contributed by atoms with Crippen LogP contribution in [0.15, 0.2) is 18.2 Å². The van der Waals surface area contributed by atoms with Crippen molar-refractivity contribution in [3.63, 3.8) is 0 Å². The number of nitrogens with two attached hydrogens (primary N) is 1. The van der Waals surface area contributed by atoms with E-state index in [1.165, 1.54) is 12.1 Å². The molecule has 0 aliphatic heterocycles. The van der Waals surface area contributed by atoms with Crippen LogP contribution in [0.5, 0.6) is 0 Å². The molecule has 0 amide bonds. The minimum atomic E-state index is -3.13. The maximum absolute atomic E-state index is 13.6. The Hall–Kier alpha value is -1.19. The Balaban J connectivity index is 2.84. The number of alkyl halides is 2. The predicted molar refractivity (Wildman–Crippen MR) is 58.8 cm³/mol. The first-order chi connectivity index (χ1) is 7.49. The first kappa shape index (κ1) is 12.9. The molecule has 1 aromatic carbocycles. The van der Waals surface area contributed by atoms with Gasteiger partial charge in [0.05, 0.1) is 11.3 Å². The molecule has 1 nitrogen and oxygen atoms in total. The molecule has 0 radical (unpaired) electrons. The van der Waals surface area contributed by atoms with Crippen LogP contribution in [0.25, 0.3) is 0 Å². The number of hydrogen-bond donors (Lipinski definition) is 1. The monoisotopic (exact) mass is 231 g/mol. The molecule has 2 N–H and O–H groups in total. The van der Waals surface area contributed by atoms with Gasteiger partial charge in [-0.2, -0.15) is 0 Å². The van der Waals surface area contributed by atoms with Gasteiger partial charge in [0.1, 0.15) is 0 Å². The van der Waals surface area contributed by atoms with Gasteiger partial charge in [-0.05, 0) is 18.6 Å². The Labute approximate surface area is 93.5 Å². The van der Waals surface area contributed by atoms with Gasteiger partial charge in [0, 0.05) is 6.42 Å². The molecular weight excluding hydrogens is 215 g/mol. The van der Waals surface area contributed by atoms with Crippen LogP contribution in [0, 0.1) is 5.82 Å². The summed E-state index contributed by atoms with van der Waals surface area (Å²) in [6, 6.07) is 3.72. The summed E-state index contributed by atoms with van der Waals surface area (Å²) in [7, 11) is 0. The Kier molecular flexibility index (Phi) is 4.21. The molecule has 4 heteroatoms. The van der Waals surface area contributed by atoms with Crippen molar-refractivity contribution in [1.29, 1.82) is 0 Å². The zero-order chi connectivity index (χ0) is 12.2. The Morgan fingerprint density at radius 1 is 1.25 bits per heavy atom. The fraction of sp³-hybridized carbons (Fsp3) is 0.500. The smallest absolute Gasteiger partial charge is 0.276 e. The van der Waals surface area contributed by atoms with Gasteiger partial charge in [-0.15, -0.1) is 0 Å². The van der Waals surface area contributed by atoms with Crippen LogP contribution < -0.4 is 5.73 Å². The molecule has 90 valence electrons. The normalized spacial score (nSPS) is 11.8. The molecule has 0 unspecified atom stereocenters. The molecule has 16 heavy (non-hydrogen) atoms. The van der Waals surface area contributed by atoms with Gasteiger partial charge in [0.25, 0.3) is 5.92 Å². The number of benzene rings is 1. The molecule has 0 bridgehead atoms. The standard InChI is InChI=1S/C12H16F3N/c1-2-3-4-8-12(14,15)9-6-5-7-10(16)11(9)13/h5-7H,2-4,8,16H2,1H3. The summed E-state index contributed by atoms with van der Waals surface area (Å²) in [6.45, 7) is 1.93. The van der Waals surface area contributed by atoms with Crippen LogP contribution in [-0.2, 0) is 5.92 Å². The van der Waals surface area contributed by atoms with Gasteiger partial charge in [-0.1, -0.05) is 25.8 Å². The SMILES string of the molecule is CCCCCC(F)(F)c1cccc(N)c1F. The summed E-state index contributed by atoms with van der Waals surface area (Å²) < 4.78 is 40.7. The lowest BCUT2D eigenvalue weighted by atomic mass is 10.0. The molecule has 0 saturated carbocycles. The molecule has 0 heterocycles. The van der Waals surface area contributed by atoms with E-state index >= 15 is 0 Å². The number of nitrogen functional groups attached to an aromatic ring is 1. The van der Waals surface area contributed by atoms with Crippen molar-refractivity contribution in [3.8, 4) is 0 Å². The topological polar surface area (TPSA) is 26.0 Å². The van der Waals surface area contributed by atoms with Crippen LogP contribution >= 0.6 is 0 Å². The van der Waals surface area contributed by atoms with Gasteiger partial charge in [-0.25, -0.2) is 13.2 Å². The molecule has 1 aromatic rings. The molecule has 0 atom stereocenters. The lowest BCUT2D eigenvalue weighted by Crippen LogP contribution is -2.16. The lowest BCUT2D eigenvalue weighted by Gasteiger charge is -2.17. The summed E-state index contributed by atoms with van der Waals surface area (Å²) >= 11 is 0. The third-order valence-corrected chi connectivity index (χ3v) is 2.52. The fourth-order valence-corrected chi connectivity index (χ4v) is 1.56. The quantitative estimate of drug-likeness (QED) is 0.599. The average molecular weight is 231 g/mol. The van der Waals surface area contributed by atoms with Gasteiger partial charge in [-0.3, -0.25) is 0 Å². The molecule has 0 saturated heterocycles. The maximum atomic E-state index is 13.6. The highest BCUT2D eigenvalue weighted by atomic mass is 19.3. The van der Waals surface area contributed by atoms with Crippen molar-refractivity contribution in [2.45, 2.75) is 38.5 Å². The highest BCUT2D eigenvalue weighted by molar-refractivity contribution is 5.44. The van der Waals surface area contributed by atoms with E-state index in [0.29, 0.717) is 6.42 Å². The van der Waals surface area contributed by atoms with Gasteiger partial charge in [0.15, 0.2) is 5.82 Å². The highest BCUT2D eigenvalue weighted by Gasteiger charge is 2.34. The third-order valence-electron chi connectivity index (χ3n) is 2.52. The Bertz CT molecular complexity index is 350. The number of anilines is 1. The first-order valence-corrected chi connectivity index (χ1v) is 5.41. The molecule has 0 fully saturated rings. The van der Waals surface area contributed by atoms with E-state index in [4.69, 9.17) is 5.73 Å². The van der Waals surface area contributed by atoms with Crippen molar-refractivity contribution in [3.05, 3.63) is 29.6 Å². The second-order valence-corrected chi connectivity index (χ2v) is 3.87. The van der Waals surface area contributed by atoms with Crippen LogP contribution in [0.3, 0.4) is 0 Å². The van der Waals surface area contributed by atoms with Gasteiger partial charge >= 0.3 is 0 Å². The van der Waals surface area contributed by atoms with Gasteiger partial charge in [0.2, 0.25) is 0 Å². The summed E-state index contributed by atoms with van der Waals surface area (Å²) in [4.78, 5) is 0. The summed E-state index contributed by atoms with van der Waals surface area (Å²) in [5, 5.41) is 0. The van der Waals surface area contributed by atoms with Crippen LogP contribution in [-0.4, -0.2) is 0 Å². The highest BCUT2D eigenvalue weighted by Crippen LogP contribution is 2.36. The predicted octanol–water partition coefficient (Wildman–Crippen LogP) is 4.08. The number of unbranched alkanes of at least 4 members (excludes halogenated alkanes) is 2. The first-order valence-electron chi connectivity index (χ1n) is 5.41. The lowest BCUT2D eigenvalue weighted by molar-refractivity contribution is -0.0189. The van der Waals surface area contributed by atoms with Crippen molar-refractivity contribution in [2.75, 3.05) is 5.73 Å². The fourth-order valence-electron chi connectivity index (χ4n) is 1.56. The van der Waals surface area contributed by atoms with E-state index < -0.39 is 17.3 Å². The number of rotatable bonds is 5. The van der Waals surface area contributed by atoms with Crippen molar-refractivity contribution >= 4 is 5.69 Å². The Morgan fingerprint density at radius 3 is 2.56 bits per heavy atom. The Morgan fingerprint density at radius 2 is 1.94 bits per heavy atom. The molecule has 0 aliphatic rings. The van der Waals surface area contributed by atoms with Gasteiger partial charge < -0.3 is 5.73 Å². The van der Waals surface area contributed by atoms with E-state index in [1.807, 2.05) is 6.92 Å². The van der Waals surface area contributed by atoms with Crippen LogP contribution in [0.4, 0.5) is 18.9 Å². The summed E-state index contributed by atoms with van der Waals surface area (Å²) in [5.74, 6) is -4.13. The number of halogens is 3. The zero-order valence-corrected chi connectivity index (χ0v) is 9.27. The minimum Gasteiger partial charge on any atom is -0.396 e. The van der Waals surface area contributed by atoms with Crippen molar-refractivity contribution in [1.82, 2.24) is 0 Å². The minimum absolute atomic E-state index is 0.229. The number of hydrogen-bond acceptors (Lipinski definition) is 1. The van der Waals surface area contributed by atoms with Crippen molar-refractivity contribution < 1.29 is 13.2 Å². The zero-order valence-electron chi connectivity index (χ0n) is 9.27. The molecule has 0 aromatic heterocycles. The largest absolute Gasteiger partial charge is 0.396 e. The van der Waals surface area contributed by atoms with E-state index in [-0.39, 0.29) is 12.1 Å². The second kappa shape index (κ2) is 5.23. The summed E-state index contributed by atoms with van der Waals surface area (Å²) in [5.41, 5.74) is 4.44. The molecule has 1 rings (SSSR count). The molecule has 0 spiro atoms. The second-order valence-electron chi connectivity index (χ2n) is 3.87. The van der Waals surface area contributed by atoms with Crippen LogP contribution in [0.2, 0.25) is 0 Å². The van der Waals surface area contributed by atoms with E-state index in [9.17, 15) is 13.2 Å². The van der Waals surface area contributed by atoms with E-state index in [2.05, 4.69) is 0 Å². The molecular formula is C12H16F3N. The van der Waals surface area contributed by atoms with E-state index in [0.717, 1.165) is 18.9 Å².